The minimum absolute atomic E-state index is 0.00785. The Bertz CT molecular complexity index is 1430. The van der Waals surface area contributed by atoms with E-state index in [4.69, 9.17) is 14.2 Å². The first-order valence-electron chi connectivity index (χ1n) is 20.2. The Balaban J connectivity index is 1.30. The summed E-state index contributed by atoms with van der Waals surface area (Å²) in [5.41, 5.74) is -1.63. The third-order valence-electron chi connectivity index (χ3n) is 17.7. The lowest BCUT2D eigenvalue weighted by molar-refractivity contribution is -0.333. The Morgan fingerprint density at radius 2 is 1.51 bits per heavy atom. The largest absolute Gasteiger partial charge is 0.481 e. The number of carboxylic acids is 1. The molecule has 7 rings (SSSR count). The summed E-state index contributed by atoms with van der Waals surface area (Å²) in [4.78, 5) is 13.4. The smallest absolute Gasteiger partial charge is 0.309 e. The van der Waals surface area contributed by atoms with E-state index in [1.54, 1.807) is 6.92 Å². The fraction of sp³-hybridized carbons (Fsp3) is 0.927. The number of aliphatic carboxylic acids is 1. The van der Waals surface area contributed by atoms with Gasteiger partial charge in [-0.25, -0.2) is 0 Å². The maximum absolute atomic E-state index is 13.4. The van der Waals surface area contributed by atoms with Gasteiger partial charge in [-0.05, 0) is 123 Å². The number of rotatable bonds is 6. The van der Waals surface area contributed by atoms with Crippen LogP contribution in [-0.2, 0) is 19.0 Å². The molecule has 2 aliphatic heterocycles. The second-order valence-electron chi connectivity index (χ2n) is 19.7. The lowest BCUT2D eigenvalue weighted by Gasteiger charge is -2.74. The Hall–Kier alpha value is -1.19. The number of ether oxygens (including phenoxy) is 3. The molecule has 7 fully saturated rings. The Labute approximate surface area is 313 Å². The average molecular weight is 751 g/mol. The SMILES string of the molecule is C=C(C)[C@@H]1CC[C@]2(C(=O)O)CC[C@]3(C)[C@H](C([C@@H]4OC[C@H](O)[C@H](O)[C@H]4O)C[C@@H]4[C@@]5(C)CCC(O[C@@H]6O[C@@H](C)[C@H](O)[C@@H](O)[C@H]6O)C(C)(CO)[C@@H]5CC[C@]43C)[C@@H]12. The molecular weight excluding hydrogens is 684 g/mol. The van der Waals surface area contributed by atoms with Crippen molar-refractivity contribution in [3.05, 3.63) is 12.2 Å². The van der Waals surface area contributed by atoms with E-state index in [1.165, 1.54) is 0 Å². The van der Waals surface area contributed by atoms with Crippen molar-refractivity contribution in [2.24, 2.45) is 62.6 Å². The van der Waals surface area contributed by atoms with Gasteiger partial charge in [-0.3, -0.25) is 4.79 Å². The maximum atomic E-state index is 13.4. The zero-order chi connectivity index (χ0) is 38.8. The fourth-order valence-electron chi connectivity index (χ4n) is 14.6. The van der Waals surface area contributed by atoms with Crippen molar-refractivity contribution >= 4 is 5.97 Å². The van der Waals surface area contributed by atoms with Crippen LogP contribution in [0.5, 0.6) is 0 Å². The molecule has 302 valence electrons. The molecule has 5 saturated carbocycles. The molecule has 21 atom stereocenters. The summed E-state index contributed by atoms with van der Waals surface area (Å²) in [7, 11) is 0. The van der Waals surface area contributed by atoms with Crippen LogP contribution in [0.25, 0.3) is 0 Å². The Morgan fingerprint density at radius 1 is 0.811 bits per heavy atom. The molecule has 0 aromatic heterocycles. The summed E-state index contributed by atoms with van der Waals surface area (Å²) in [6.07, 6.45) is -5.22. The highest BCUT2D eigenvalue weighted by molar-refractivity contribution is 5.76. The molecule has 0 radical (unpaired) electrons. The van der Waals surface area contributed by atoms with Crippen molar-refractivity contribution in [2.75, 3.05) is 13.2 Å². The monoisotopic (exact) mass is 750 g/mol. The average Bonchev–Trinajstić information content (AvgIpc) is 3.52. The summed E-state index contributed by atoms with van der Waals surface area (Å²) in [5, 5.41) is 87.2. The Morgan fingerprint density at radius 3 is 2.15 bits per heavy atom. The second kappa shape index (κ2) is 13.5. The minimum Gasteiger partial charge on any atom is -0.481 e. The number of hydrogen-bond donors (Lipinski definition) is 8. The second-order valence-corrected chi connectivity index (χ2v) is 19.7. The van der Waals surface area contributed by atoms with Crippen LogP contribution in [0.1, 0.15) is 99.3 Å². The van der Waals surface area contributed by atoms with E-state index in [9.17, 15) is 45.6 Å². The van der Waals surface area contributed by atoms with Crippen molar-refractivity contribution in [1.29, 1.82) is 0 Å². The van der Waals surface area contributed by atoms with E-state index in [0.717, 1.165) is 31.3 Å². The number of aliphatic hydroxyl groups excluding tert-OH is 7. The highest BCUT2D eigenvalue weighted by Gasteiger charge is 2.75. The molecule has 2 saturated heterocycles. The summed E-state index contributed by atoms with van der Waals surface area (Å²) in [5.74, 6) is -1.42. The van der Waals surface area contributed by atoms with Crippen LogP contribution in [0.2, 0.25) is 0 Å². The van der Waals surface area contributed by atoms with E-state index in [1.807, 2.05) is 13.8 Å². The van der Waals surface area contributed by atoms with Crippen molar-refractivity contribution in [2.45, 2.75) is 161 Å². The summed E-state index contributed by atoms with van der Waals surface area (Å²) in [6.45, 7) is 16.8. The van der Waals surface area contributed by atoms with Crippen LogP contribution in [0, 0.1) is 62.6 Å². The normalized spacial score (nSPS) is 58.1. The highest BCUT2D eigenvalue weighted by Crippen LogP contribution is 2.79. The molecule has 8 N–H and O–H groups in total. The molecule has 0 spiro atoms. The lowest BCUT2D eigenvalue weighted by Crippen LogP contribution is -2.71. The number of aliphatic hydroxyl groups is 7. The Kier molecular flexibility index (Phi) is 10.2. The van der Waals surface area contributed by atoms with Crippen molar-refractivity contribution in [3.63, 3.8) is 0 Å². The predicted molar refractivity (Wildman–Crippen MR) is 192 cm³/mol. The molecule has 0 aromatic rings. The van der Waals surface area contributed by atoms with Gasteiger partial charge in [0.1, 0.15) is 36.6 Å². The van der Waals surface area contributed by atoms with Gasteiger partial charge in [0, 0.05) is 5.41 Å². The van der Waals surface area contributed by atoms with E-state index in [-0.39, 0.29) is 65.0 Å². The number of carboxylic acid groups (broad SMARTS) is 1. The molecule has 53 heavy (non-hydrogen) atoms. The van der Waals surface area contributed by atoms with E-state index in [2.05, 4.69) is 27.4 Å². The van der Waals surface area contributed by atoms with E-state index >= 15 is 0 Å². The standard InChI is InChI=1S/C41H66O12/c1-19(2)21-8-13-41(36(49)50)15-14-40(7)27(28(21)41)22(34-32(47)30(45)23(43)17-51-34)16-25-37(4)11-10-26(38(5,18-42)24(37)9-12-39(25,40)6)53-35-33(48)31(46)29(44)20(3)52-35/h20-35,42-48H,1,8-18H2,2-7H3,(H,49,50)/t20-,21-,22?,23-,24+,25+,26?,27+,28+,29-,30-,31+,32+,33+,34-,35-,37-,38?,39+,40+,41-/m0/s1. The number of hydrogen-bond acceptors (Lipinski definition) is 11. The van der Waals surface area contributed by atoms with Crippen LogP contribution < -0.4 is 0 Å². The summed E-state index contributed by atoms with van der Waals surface area (Å²) < 4.78 is 18.7. The number of carbonyl (C=O) groups is 1. The van der Waals surface area contributed by atoms with Gasteiger partial charge in [0.05, 0.1) is 36.9 Å². The molecule has 0 bridgehead atoms. The van der Waals surface area contributed by atoms with Gasteiger partial charge in [0.2, 0.25) is 0 Å². The van der Waals surface area contributed by atoms with Gasteiger partial charge in [-0.1, -0.05) is 39.8 Å². The number of allylic oxidation sites excluding steroid dienone is 1. The molecular formula is C41H66O12. The predicted octanol–water partition coefficient (Wildman–Crippen LogP) is 2.62. The molecule has 7 aliphatic rings. The van der Waals surface area contributed by atoms with Crippen LogP contribution in [0.4, 0.5) is 0 Å². The summed E-state index contributed by atoms with van der Waals surface area (Å²) in [6, 6.07) is 0. The number of fused-ring (bicyclic) bond motifs is 7. The lowest BCUT2D eigenvalue weighted by atomic mass is 9.30. The van der Waals surface area contributed by atoms with E-state index < -0.39 is 78.0 Å². The molecule has 0 aromatic carbocycles. The van der Waals surface area contributed by atoms with Crippen LogP contribution >= 0.6 is 0 Å². The van der Waals surface area contributed by atoms with Crippen molar-refractivity contribution in [3.8, 4) is 0 Å². The summed E-state index contributed by atoms with van der Waals surface area (Å²) >= 11 is 0. The van der Waals surface area contributed by atoms with Gasteiger partial charge < -0.3 is 55.1 Å². The topological polar surface area (TPSA) is 207 Å². The fourth-order valence-corrected chi connectivity index (χ4v) is 14.6. The third-order valence-corrected chi connectivity index (χ3v) is 17.7. The van der Waals surface area contributed by atoms with Gasteiger partial charge in [0.25, 0.3) is 0 Å². The first-order valence-corrected chi connectivity index (χ1v) is 20.2. The van der Waals surface area contributed by atoms with Crippen LogP contribution in [0.15, 0.2) is 12.2 Å². The van der Waals surface area contributed by atoms with Crippen LogP contribution in [0.3, 0.4) is 0 Å². The van der Waals surface area contributed by atoms with Gasteiger partial charge >= 0.3 is 5.97 Å². The highest BCUT2D eigenvalue weighted by atomic mass is 16.7. The first kappa shape index (κ1) is 40.0. The zero-order valence-electron chi connectivity index (χ0n) is 32.4. The van der Waals surface area contributed by atoms with Gasteiger partial charge in [-0.2, -0.15) is 0 Å². The zero-order valence-corrected chi connectivity index (χ0v) is 32.4. The van der Waals surface area contributed by atoms with Gasteiger partial charge in [0.15, 0.2) is 6.29 Å². The molecule has 0 amide bonds. The maximum Gasteiger partial charge on any atom is 0.309 e. The van der Waals surface area contributed by atoms with E-state index in [0.29, 0.717) is 32.1 Å². The molecule has 12 nitrogen and oxygen atoms in total. The van der Waals surface area contributed by atoms with Crippen molar-refractivity contribution < 1.29 is 59.9 Å². The van der Waals surface area contributed by atoms with Gasteiger partial charge in [-0.15, -0.1) is 0 Å². The van der Waals surface area contributed by atoms with Crippen LogP contribution in [-0.4, -0.2) is 121 Å². The molecule has 2 heterocycles. The molecule has 12 heteroatoms. The minimum atomic E-state index is -1.46. The quantitative estimate of drug-likeness (QED) is 0.146. The molecule has 5 aliphatic carbocycles. The molecule has 3 unspecified atom stereocenters. The first-order chi connectivity index (χ1) is 24.7. The third kappa shape index (κ3) is 5.47. The van der Waals surface area contributed by atoms with Crippen molar-refractivity contribution in [1.82, 2.24) is 0 Å².